The molecule has 0 aliphatic heterocycles. The highest BCUT2D eigenvalue weighted by atomic mass is 16.5. The van der Waals surface area contributed by atoms with Crippen molar-refractivity contribution in [2.45, 2.75) is 31.8 Å². The van der Waals surface area contributed by atoms with E-state index in [-0.39, 0.29) is 18.4 Å². The number of hydrogen-bond acceptors (Lipinski definition) is 5. The standard InChI is InChI=1S/C31H30N2O4/c1-37-30-14-13-23(25(19-34)20-35)15-27(30)26-16-24-9-5-6-10-28(24)32-29(26)18-33(31(36)22-11-12-22)17-21-7-3-2-4-8-21/h2-10,13-16,19,22,25,35H,11-12,17-18,20H2,1H3. The highest BCUT2D eigenvalue weighted by Crippen LogP contribution is 2.37. The lowest BCUT2D eigenvalue weighted by Crippen LogP contribution is -2.32. The number of fused-ring (bicyclic) bond motifs is 1. The second-order valence-corrected chi connectivity index (χ2v) is 9.51. The summed E-state index contributed by atoms with van der Waals surface area (Å²) < 4.78 is 5.71. The molecule has 1 amide bonds. The van der Waals surface area contributed by atoms with Gasteiger partial charge in [-0.15, -0.1) is 0 Å². The van der Waals surface area contributed by atoms with Crippen molar-refractivity contribution in [2.24, 2.45) is 5.92 Å². The van der Waals surface area contributed by atoms with Gasteiger partial charge in [0.1, 0.15) is 12.0 Å². The monoisotopic (exact) mass is 494 g/mol. The van der Waals surface area contributed by atoms with Gasteiger partial charge in [0.05, 0.1) is 37.4 Å². The van der Waals surface area contributed by atoms with Crippen LogP contribution in [0.15, 0.2) is 78.9 Å². The summed E-state index contributed by atoms with van der Waals surface area (Å²) in [4.78, 5) is 31.9. The van der Waals surface area contributed by atoms with Crippen LogP contribution in [0.25, 0.3) is 22.0 Å². The minimum atomic E-state index is -0.632. The number of aliphatic hydroxyl groups excluding tert-OH is 1. The van der Waals surface area contributed by atoms with Crippen LogP contribution < -0.4 is 4.74 Å². The summed E-state index contributed by atoms with van der Waals surface area (Å²) in [7, 11) is 1.61. The van der Waals surface area contributed by atoms with Crippen LogP contribution in [0.3, 0.4) is 0 Å². The molecule has 1 aliphatic rings. The lowest BCUT2D eigenvalue weighted by atomic mass is 9.94. The van der Waals surface area contributed by atoms with E-state index in [9.17, 15) is 14.7 Å². The maximum atomic E-state index is 13.4. The quantitative estimate of drug-likeness (QED) is 0.310. The predicted octanol–water partition coefficient (Wildman–Crippen LogP) is 5.12. The zero-order chi connectivity index (χ0) is 25.8. The van der Waals surface area contributed by atoms with E-state index < -0.39 is 5.92 Å². The average molecular weight is 495 g/mol. The molecule has 4 aromatic rings. The minimum Gasteiger partial charge on any atom is -0.496 e. The number of aromatic nitrogens is 1. The second kappa shape index (κ2) is 10.9. The molecule has 37 heavy (non-hydrogen) atoms. The fourth-order valence-electron chi connectivity index (χ4n) is 4.69. The zero-order valence-corrected chi connectivity index (χ0v) is 20.8. The first kappa shape index (κ1) is 24.7. The second-order valence-electron chi connectivity index (χ2n) is 9.51. The third kappa shape index (κ3) is 5.39. The molecule has 1 aromatic heterocycles. The summed E-state index contributed by atoms with van der Waals surface area (Å²) >= 11 is 0. The maximum absolute atomic E-state index is 13.4. The Morgan fingerprint density at radius 1 is 1.03 bits per heavy atom. The first-order valence-electron chi connectivity index (χ1n) is 12.6. The molecule has 0 radical (unpaired) electrons. The number of hydrogen-bond donors (Lipinski definition) is 1. The molecule has 3 aromatic carbocycles. The van der Waals surface area contributed by atoms with Crippen molar-refractivity contribution < 1.29 is 19.4 Å². The van der Waals surface area contributed by atoms with E-state index in [0.29, 0.717) is 24.4 Å². The van der Waals surface area contributed by atoms with E-state index >= 15 is 0 Å². The largest absolute Gasteiger partial charge is 0.496 e. The summed E-state index contributed by atoms with van der Waals surface area (Å²) in [6.07, 6.45) is 2.60. The molecular weight excluding hydrogens is 464 g/mol. The van der Waals surface area contributed by atoms with Crippen molar-refractivity contribution in [1.82, 2.24) is 9.88 Å². The summed E-state index contributed by atoms with van der Waals surface area (Å²) in [5.74, 6) is 0.218. The van der Waals surface area contributed by atoms with Gasteiger partial charge in [0.25, 0.3) is 0 Å². The molecule has 0 bridgehead atoms. The van der Waals surface area contributed by atoms with Gasteiger partial charge >= 0.3 is 0 Å². The van der Waals surface area contributed by atoms with Gasteiger partial charge in [0, 0.05) is 29.0 Å². The van der Waals surface area contributed by atoms with E-state index in [4.69, 9.17) is 9.72 Å². The lowest BCUT2D eigenvalue weighted by molar-refractivity contribution is -0.133. The topological polar surface area (TPSA) is 79.7 Å². The average Bonchev–Trinajstić information content (AvgIpc) is 3.79. The number of rotatable bonds is 10. The molecule has 5 rings (SSSR count). The number of pyridine rings is 1. The van der Waals surface area contributed by atoms with Gasteiger partial charge in [-0.05, 0) is 48.2 Å². The highest BCUT2D eigenvalue weighted by molar-refractivity contribution is 5.87. The van der Waals surface area contributed by atoms with Crippen LogP contribution >= 0.6 is 0 Å². The number of aliphatic hydroxyl groups is 1. The van der Waals surface area contributed by atoms with Gasteiger partial charge in [-0.25, -0.2) is 0 Å². The van der Waals surface area contributed by atoms with Crippen LogP contribution in [0.2, 0.25) is 0 Å². The molecule has 6 heteroatoms. The van der Waals surface area contributed by atoms with Crippen molar-refractivity contribution >= 4 is 23.1 Å². The van der Waals surface area contributed by atoms with Crippen LogP contribution in [-0.4, -0.2) is 40.9 Å². The van der Waals surface area contributed by atoms with Crippen molar-refractivity contribution in [2.75, 3.05) is 13.7 Å². The SMILES string of the molecule is COc1ccc(C(C=O)CO)cc1-c1cc2ccccc2nc1CN(Cc1ccccc1)C(=O)C1CC1. The number of carbonyl (C=O) groups is 2. The Balaban J connectivity index is 1.63. The van der Waals surface area contributed by atoms with Gasteiger partial charge < -0.3 is 19.5 Å². The van der Waals surface area contributed by atoms with Crippen LogP contribution in [0.1, 0.15) is 35.6 Å². The number of nitrogens with zero attached hydrogens (tertiary/aromatic N) is 2. The van der Waals surface area contributed by atoms with Crippen LogP contribution in [0.5, 0.6) is 5.75 Å². The van der Waals surface area contributed by atoms with Crippen molar-refractivity contribution in [3.8, 4) is 16.9 Å². The molecule has 188 valence electrons. The Hall–Kier alpha value is -4.03. The van der Waals surface area contributed by atoms with Gasteiger partial charge in [-0.3, -0.25) is 9.78 Å². The fraction of sp³-hybridized carbons (Fsp3) is 0.258. The number of para-hydroxylation sites is 1. The van der Waals surface area contributed by atoms with E-state index in [1.54, 1.807) is 13.2 Å². The number of benzene rings is 3. The Morgan fingerprint density at radius 2 is 1.78 bits per heavy atom. The Bertz CT molecular complexity index is 1420. The van der Waals surface area contributed by atoms with Gasteiger partial charge in [-0.2, -0.15) is 0 Å². The molecule has 1 unspecified atom stereocenters. The number of ether oxygens (including phenoxy) is 1. The lowest BCUT2D eigenvalue weighted by Gasteiger charge is -2.25. The molecule has 0 spiro atoms. The smallest absolute Gasteiger partial charge is 0.226 e. The highest BCUT2D eigenvalue weighted by Gasteiger charge is 2.34. The summed E-state index contributed by atoms with van der Waals surface area (Å²) in [6.45, 7) is 0.562. The fourth-order valence-corrected chi connectivity index (χ4v) is 4.69. The molecule has 6 nitrogen and oxygen atoms in total. The number of carbonyl (C=O) groups excluding carboxylic acids is 2. The molecule has 1 saturated carbocycles. The molecule has 1 heterocycles. The third-order valence-corrected chi connectivity index (χ3v) is 6.90. The number of methoxy groups -OCH3 is 1. The first-order chi connectivity index (χ1) is 18.1. The Kier molecular flexibility index (Phi) is 7.28. The van der Waals surface area contributed by atoms with Gasteiger partial charge in [0.2, 0.25) is 5.91 Å². The molecule has 1 N–H and O–H groups in total. The molecule has 1 fully saturated rings. The van der Waals surface area contributed by atoms with Crippen LogP contribution in [0.4, 0.5) is 0 Å². The van der Waals surface area contributed by atoms with E-state index in [1.165, 1.54) is 0 Å². The zero-order valence-electron chi connectivity index (χ0n) is 20.8. The molecule has 0 saturated heterocycles. The Morgan fingerprint density at radius 3 is 2.49 bits per heavy atom. The summed E-state index contributed by atoms with van der Waals surface area (Å²) in [6, 6.07) is 25.4. The van der Waals surface area contributed by atoms with Crippen LogP contribution in [-0.2, 0) is 22.7 Å². The number of amides is 1. The van der Waals surface area contributed by atoms with Gasteiger partial charge in [-0.1, -0.05) is 54.6 Å². The van der Waals surface area contributed by atoms with E-state index in [1.807, 2.05) is 71.6 Å². The first-order valence-corrected chi connectivity index (χ1v) is 12.6. The van der Waals surface area contributed by atoms with E-state index in [0.717, 1.165) is 52.4 Å². The van der Waals surface area contributed by atoms with Gasteiger partial charge in [0.15, 0.2) is 0 Å². The molecule has 1 atom stereocenters. The van der Waals surface area contributed by atoms with E-state index in [2.05, 4.69) is 6.07 Å². The van der Waals surface area contributed by atoms with Crippen molar-refractivity contribution in [3.63, 3.8) is 0 Å². The minimum absolute atomic E-state index is 0.0726. The third-order valence-electron chi connectivity index (χ3n) is 6.90. The molecular formula is C31H30N2O4. The maximum Gasteiger partial charge on any atom is 0.226 e. The van der Waals surface area contributed by atoms with Crippen molar-refractivity contribution in [3.05, 3.63) is 95.7 Å². The summed E-state index contributed by atoms with van der Waals surface area (Å²) in [5, 5.41) is 10.7. The molecule has 1 aliphatic carbocycles. The normalized spacial score (nSPS) is 13.8. The Labute approximate surface area is 216 Å². The van der Waals surface area contributed by atoms with Crippen LogP contribution in [0, 0.1) is 5.92 Å². The predicted molar refractivity (Wildman–Crippen MR) is 143 cm³/mol. The summed E-state index contributed by atoms with van der Waals surface area (Å²) in [5.41, 5.74) is 4.97. The number of aldehydes is 1. The van der Waals surface area contributed by atoms with Crippen molar-refractivity contribution in [1.29, 1.82) is 0 Å².